The summed E-state index contributed by atoms with van der Waals surface area (Å²) < 4.78 is 42.4. The Morgan fingerprint density at radius 3 is 2.23 bits per heavy atom. The monoisotopic (exact) mass is 465 g/mol. The summed E-state index contributed by atoms with van der Waals surface area (Å²) in [6.07, 6.45) is -4.04. The minimum Gasteiger partial charge on any atom is -0.482 e. The number of halogens is 4. The van der Waals surface area contributed by atoms with Gasteiger partial charge in [-0.1, -0.05) is 12.1 Å². The molecule has 0 saturated carbocycles. The Hall–Kier alpha value is -2.04. The molecule has 1 aromatic carbocycles. The number of hydrogen-bond donors (Lipinski definition) is 1. The molecular formula is C20H27ClF3N3O4. The number of ether oxygens (including phenoxy) is 1. The first kappa shape index (κ1) is 25.2. The zero-order chi connectivity index (χ0) is 21.7. The minimum atomic E-state index is -4.40. The highest BCUT2D eigenvalue weighted by Gasteiger charge is 2.30. The van der Waals surface area contributed by atoms with Gasteiger partial charge in [-0.3, -0.25) is 19.4 Å². The van der Waals surface area contributed by atoms with E-state index >= 15 is 0 Å². The lowest BCUT2D eigenvalue weighted by atomic mass is 10.1. The maximum Gasteiger partial charge on any atom is 0.422 e. The molecule has 1 unspecified atom stereocenters. The molecule has 11 heteroatoms. The minimum absolute atomic E-state index is 0. The number of β-amino-alcohol motifs (C(OH)–C–C–N with tert-alkyl or cyclic N) is 1. The number of nitrogens with zero attached hydrogens (tertiary/aromatic N) is 3. The van der Waals surface area contributed by atoms with Gasteiger partial charge in [0.1, 0.15) is 5.75 Å². The van der Waals surface area contributed by atoms with E-state index in [-0.39, 0.29) is 36.5 Å². The van der Waals surface area contributed by atoms with E-state index in [1.165, 1.54) is 6.07 Å². The number of benzene rings is 1. The first-order valence-corrected chi connectivity index (χ1v) is 10.00. The molecule has 0 aliphatic carbocycles. The van der Waals surface area contributed by atoms with Gasteiger partial charge in [0.05, 0.1) is 18.3 Å². The number of aliphatic hydroxyl groups excluding tert-OH is 1. The van der Waals surface area contributed by atoms with E-state index in [1.807, 2.05) is 9.80 Å². The molecule has 2 saturated heterocycles. The lowest BCUT2D eigenvalue weighted by Crippen LogP contribution is -2.51. The fourth-order valence-electron chi connectivity index (χ4n) is 3.74. The third-order valence-corrected chi connectivity index (χ3v) is 5.22. The van der Waals surface area contributed by atoms with Gasteiger partial charge in [-0.15, -0.1) is 12.4 Å². The van der Waals surface area contributed by atoms with Crippen molar-refractivity contribution in [2.45, 2.75) is 31.5 Å². The van der Waals surface area contributed by atoms with Crippen molar-refractivity contribution >= 4 is 29.9 Å². The predicted molar refractivity (Wildman–Crippen MR) is 110 cm³/mol. The van der Waals surface area contributed by atoms with Gasteiger partial charge in [0.15, 0.2) is 6.61 Å². The van der Waals surface area contributed by atoms with Gasteiger partial charge in [-0.2, -0.15) is 13.2 Å². The van der Waals surface area contributed by atoms with Crippen LogP contribution >= 0.6 is 12.4 Å². The Kier molecular flexibility index (Phi) is 8.96. The molecular weight excluding hydrogens is 439 g/mol. The summed E-state index contributed by atoms with van der Waals surface area (Å²) in [5.41, 5.74) is 0.603. The highest BCUT2D eigenvalue weighted by molar-refractivity contribution is 5.97. The van der Waals surface area contributed by atoms with Gasteiger partial charge in [-0.25, -0.2) is 0 Å². The van der Waals surface area contributed by atoms with Crippen molar-refractivity contribution in [3.8, 4) is 5.75 Å². The van der Waals surface area contributed by atoms with Crippen LogP contribution in [-0.4, -0.2) is 84.9 Å². The quantitative estimate of drug-likeness (QED) is 0.622. The molecule has 0 spiro atoms. The smallest absolute Gasteiger partial charge is 0.422 e. The highest BCUT2D eigenvalue weighted by atomic mass is 35.5. The van der Waals surface area contributed by atoms with Crippen LogP contribution in [0.25, 0.3) is 0 Å². The van der Waals surface area contributed by atoms with E-state index in [9.17, 15) is 27.9 Å². The number of para-hydroxylation sites is 2. The lowest BCUT2D eigenvalue weighted by molar-refractivity contribution is -0.153. The summed E-state index contributed by atoms with van der Waals surface area (Å²) in [4.78, 5) is 28.8. The molecule has 1 aromatic rings. The SMILES string of the molecule is Cl.O=C1CCCC(=O)N1CC(O)CN1CCN(c2ccccc2OCC(F)(F)F)CC1. The lowest BCUT2D eigenvalue weighted by Gasteiger charge is -2.38. The topological polar surface area (TPSA) is 73.3 Å². The van der Waals surface area contributed by atoms with E-state index in [1.54, 1.807) is 18.2 Å². The summed E-state index contributed by atoms with van der Waals surface area (Å²) in [5.74, 6) is -0.304. The Labute approximate surface area is 185 Å². The number of aliphatic hydroxyl groups is 1. The van der Waals surface area contributed by atoms with Crippen LogP contribution in [0.15, 0.2) is 24.3 Å². The molecule has 31 heavy (non-hydrogen) atoms. The number of carbonyl (C=O) groups is 2. The summed E-state index contributed by atoms with van der Waals surface area (Å²) in [6, 6.07) is 6.62. The van der Waals surface area contributed by atoms with Crippen LogP contribution in [0.5, 0.6) is 5.75 Å². The molecule has 0 bridgehead atoms. The van der Waals surface area contributed by atoms with Gasteiger partial charge in [0.2, 0.25) is 11.8 Å². The Morgan fingerprint density at radius 1 is 1.00 bits per heavy atom. The largest absolute Gasteiger partial charge is 0.482 e. The molecule has 2 fully saturated rings. The number of carbonyl (C=O) groups excluding carboxylic acids is 2. The van der Waals surface area contributed by atoms with Crippen LogP contribution in [0, 0.1) is 0 Å². The number of rotatable bonds is 7. The van der Waals surface area contributed by atoms with Crippen LogP contribution in [0.1, 0.15) is 19.3 Å². The normalized spacial score (nSPS) is 19.2. The van der Waals surface area contributed by atoms with Crippen molar-refractivity contribution < 1.29 is 32.6 Å². The molecule has 2 aliphatic rings. The molecule has 174 valence electrons. The first-order valence-electron chi connectivity index (χ1n) is 10.00. The molecule has 2 amide bonds. The third-order valence-electron chi connectivity index (χ3n) is 5.22. The van der Waals surface area contributed by atoms with Crippen LogP contribution < -0.4 is 9.64 Å². The second-order valence-electron chi connectivity index (χ2n) is 7.56. The molecule has 2 aliphatic heterocycles. The van der Waals surface area contributed by atoms with Gasteiger partial charge in [0.25, 0.3) is 0 Å². The molecule has 0 radical (unpaired) electrons. The molecule has 7 nitrogen and oxygen atoms in total. The van der Waals surface area contributed by atoms with Crippen molar-refractivity contribution in [3.63, 3.8) is 0 Å². The number of likely N-dealkylation sites (tertiary alicyclic amines) is 1. The van der Waals surface area contributed by atoms with Gasteiger partial charge in [0, 0.05) is 45.6 Å². The zero-order valence-electron chi connectivity index (χ0n) is 17.0. The number of piperidine rings is 1. The van der Waals surface area contributed by atoms with Crippen LogP contribution in [0.2, 0.25) is 0 Å². The average Bonchev–Trinajstić information content (AvgIpc) is 2.70. The summed E-state index contributed by atoms with van der Waals surface area (Å²) in [5, 5.41) is 10.3. The summed E-state index contributed by atoms with van der Waals surface area (Å²) in [7, 11) is 0. The number of anilines is 1. The second-order valence-corrected chi connectivity index (χ2v) is 7.56. The maximum atomic E-state index is 12.5. The fourth-order valence-corrected chi connectivity index (χ4v) is 3.74. The van der Waals surface area contributed by atoms with E-state index < -0.39 is 18.9 Å². The fraction of sp³-hybridized carbons (Fsp3) is 0.600. The van der Waals surface area contributed by atoms with Crippen molar-refractivity contribution in [2.75, 3.05) is 50.8 Å². The first-order chi connectivity index (χ1) is 14.2. The summed E-state index contributed by atoms with van der Waals surface area (Å²) >= 11 is 0. The second kappa shape index (κ2) is 11.0. The van der Waals surface area contributed by atoms with Crippen molar-refractivity contribution in [3.05, 3.63) is 24.3 Å². The highest BCUT2D eigenvalue weighted by Crippen LogP contribution is 2.30. The van der Waals surface area contributed by atoms with Crippen LogP contribution in [-0.2, 0) is 9.59 Å². The molecule has 3 rings (SSSR count). The number of piperazine rings is 1. The van der Waals surface area contributed by atoms with Crippen molar-refractivity contribution in [2.24, 2.45) is 0 Å². The predicted octanol–water partition coefficient (Wildman–Crippen LogP) is 2.07. The maximum absolute atomic E-state index is 12.5. The van der Waals surface area contributed by atoms with Crippen LogP contribution in [0.3, 0.4) is 0 Å². The Balaban J connectivity index is 0.00000341. The molecule has 1 N–H and O–H groups in total. The van der Waals surface area contributed by atoms with Crippen molar-refractivity contribution in [1.82, 2.24) is 9.80 Å². The third kappa shape index (κ3) is 7.26. The van der Waals surface area contributed by atoms with E-state index in [0.717, 1.165) is 4.90 Å². The average molecular weight is 466 g/mol. The number of hydrogen-bond acceptors (Lipinski definition) is 6. The number of imide groups is 1. The standard InChI is InChI=1S/C20H26F3N3O4.ClH/c21-20(22,23)14-30-17-5-2-1-4-16(17)25-10-8-24(9-11-25)12-15(27)13-26-18(28)6-3-7-19(26)29;/h1-2,4-5,15,27H,3,6-14H2;1H. The zero-order valence-corrected chi connectivity index (χ0v) is 17.8. The molecule has 2 heterocycles. The molecule has 1 atom stereocenters. The van der Waals surface area contributed by atoms with Gasteiger partial charge >= 0.3 is 6.18 Å². The van der Waals surface area contributed by atoms with Crippen LogP contribution in [0.4, 0.5) is 18.9 Å². The number of alkyl halides is 3. The Bertz CT molecular complexity index is 741. The van der Waals surface area contributed by atoms with E-state index in [0.29, 0.717) is 57.7 Å². The summed E-state index contributed by atoms with van der Waals surface area (Å²) in [6.45, 7) is 1.26. The van der Waals surface area contributed by atoms with Gasteiger partial charge in [-0.05, 0) is 18.6 Å². The number of amides is 2. The molecule has 0 aromatic heterocycles. The van der Waals surface area contributed by atoms with E-state index in [2.05, 4.69) is 0 Å². The van der Waals surface area contributed by atoms with Crippen molar-refractivity contribution in [1.29, 1.82) is 0 Å². The van der Waals surface area contributed by atoms with Gasteiger partial charge < -0.3 is 14.7 Å². The Morgan fingerprint density at radius 2 is 1.61 bits per heavy atom. The van der Waals surface area contributed by atoms with E-state index in [4.69, 9.17) is 4.74 Å².